The van der Waals surface area contributed by atoms with Crippen molar-refractivity contribution in [1.29, 1.82) is 5.41 Å². The molecule has 0 fully saturated rings. The molecule has 1 aliphatic carbocycles. The van der Waals surface area contributed by atoms with E-state index in [1.165, 1.54) is 0 Å². The summed E-state index contributed by atoms with van der Waals surface area (Å²) in [5, 5.41) is 20.2. The number of esters is 1. The Labute approximate surface area is 187 Å². The molecular weight excluding hydrogens is 390 g/mol. The Hall–Kier alpha value is -2.60. The summed E-state index contributed by atoms with van der Waals surface area (Å²) >= 11 is 0. The van der Waals surface area contributed by atoms with E-state index in [9.17, 15) is 9.90 Å². The summed E-state index contributed by atoms with van der Waals surface area (Å²) in [6.07, 6.45) is 9.73. The Morgan fingerprint density at radius 1 is 1.29 bits per heavy atom. The molecule has 0 saturated carbocycles. The van der Waals surface area contributed by atoms with E-state index in [4.69, 9.17) is 15.9 Å². The first-order chi connectivity index (χ1) is 14.5. The first kappa shape index (κ1) is 26.4. The van der Waals surface area contributed by atoms with Crippen molar-refractivity contribution in [1.82, 2.24) is 5.32 Å². The molecule has 0 aromatic heterocycles. The van der Waals surface area contributed by atoms with Crippen LogP contribution in [0.25, 0.3) is 0 Å². The Kier molecular flexibility index (Phi) is 10.5. The van der Waals surface area contributed by atoms with Crippen LogP contribution in [0.3, 0.4) is 0 Å². The number of likely N-dealkylation sites (N-methyl/N-ethyl adjacent to an activating group) is 1. The smallest absolute Gasteiger partial charge is 0.323 e. The number of nitrogen functional groups attached to an aromatic ring is 1. The van der Waals surface area contributed by atoms with Gasteiger partial charge in [0.15, 0.2) is 0 Å². The molecule has 172 valence electrons. The largest absolute Gasteiger partial charge is 0.505 e. The van der Waals surface area contributed by atoms with Crippen LogP contribution in [0, 0.1) is 11.3 Å². The number of anilines is 1. The van der Waals surface area contributed by atoms with Crippen LogP contribution in [-0.4, -0.2) is 36.5 Å². The van der Waals surface area contributed by atoms with Crippen molar-refractivity contribution in [2.45, 2.75) is 65.3 Å². The molecule has 6 heteroatoms. The first-order valence-corrected chi connectivity index (χ1v) is 10.8. The zero-order valence-electron chi connectivity index (χ0n) is 19.8. The summed E-state index contributed by atoms with van der Waals surface area (Å²) in [6, 6.07) is 3.39. The van der Waals surface area contributed by atoms with Crippen LogP contribution >= 0.6 is 0 Å². The topological polar surface area (TPSA) is 108 Å². The number of benzene rings is 1. The minimum Gasteiger partial charge on any atom is -0.505 e. The van der Waals surface area contributed by atoms with Gasteiger partial charge in [-0.1, -0.05) is 58.9 Å². The highest BCUT2D eigenvalue weighted by Crippen LogP contribution is 2.35. The first-order valence-electron chi connectivity index (χ1n) is 10.8. The SMILES string of the molecule is CNC(CC(C)C)C(=O)OCCc1cc(N)c(O)c(C(C)(C)C)c1.N=C1C=CC=CC1. The van der Waals surface area contributed by atoms with E-state index in [-0.39, 0.29) is 23.2 Å². The van der Waals surface area contributed by atoms with Gasteiger partial charge in [-0.15, -0.1) is 0 Å². The molecule has 1 aromatic rings. The third-order valence-corrected chi connectivity index (χ3v) is 4.86. The van der Waals surface area contributed by atoms with Gasteiger partial charge in [-0.3, -0.25) is 4.79 Å². The highest BCUT2D eigenvalue weighted by atomic mass is 16.5. The Morgan fingerprint density at radius 2 is 1.97 bits per heavy atom. The predicted octanol–water partition coefficient (Wildman–Crippen LogP) is 4.51. The Bertz CT molecular complexity index is 805. The second-order valence-electron chi connectivity index (χ2n) is 9.24. The molecule has 1 aromatic carbocycles. The maximum absolute atomic E-state index is 12.1. The molecule has 1 unspecified atom stereocenters. The number of nitrogens with two attached hydrogens (primary N) is 1. The number of carbonyl (C=O) groups excluding carboxylic acids is 1. The number of phenols is 1. The van der Waals surface area contributed by atoms with Gasteiger partial charge in [0.1, 0.15) is 11.8 Å². The number of hydrogen-bond donors (Lipinski definition) is 4. The van der Waals surface area contributed by atoms with Crippen molar-refractivity contribution in [2.75, 3.05) is 19.4 Å². The van der Waals surface area contributed by atoms with E-state index >= 15 is 0 Å². The lowest BCUT2D eigenvalue weighted by Crippen LogP contribution is -2.37. The van der Waals surface area contributed by atoms with Crippen molar-refractivity contribution in [3.63, 3.8) is 0 Å². The molecule has 1 aliphatic rings. The van der Waals surface area contributed by atoms with Gasteiger partial charge in [0.2, 0.25) is 0 Å². The number of rotatable bonds is 7. The number of carbonyl (C=O) groups is 1. The van der Waals surface area contributed by atoms with Gasteiger partial charge < -0.3 is 26.3 Å². The van der Waals surface area contributed by atoms with Gasteiger partial charge in [0.25, 0.3) is 0 Å². The Morgan fingerprint density at radius 3 is 2.42 bits per heavy atom. The summed E-state index contributed by atoms with van der Waals surface area (Å²) in [5.41, 5.74) is 8.51. The van der Waals surface area contributed by atoms with Crippen molar-refractivity contribution in [3.8, 4) is 5.75 Å². The summed E-state index contributed by atoms with van der Waals surface area (Å²) in [5.74, 6) is 0.325. The summed E-state index contributed by atoms with van der Waals surface area (Å²) in [4.78, 5) is 12.1. The molecule has 0 bridgehead atoms. The number of allylic oxidation sites excluding steroid dienone is 4. The molecule has 5 N–H and O–H groups in total. The van der Waals surface area contributed by atoms with Gasteiger partial charge in [0.05, 0.1) is 12.3 Å². The van der Waals surface area contributed by atoms with Gasteiger partial charge in [-0.05, 0) is 42.5 Å². The van der Waals surface area contributed by atoms with E-state index < -0.39 is 0 Å². The van der Waals surface area contributed by atoms with Crippen molar-refractivity contribution >= 4 is 17.4 Å². The second kappa shape index (κ2) is 12.3. The molecule has 2 rings (SSSR count). The van der Waals surface area contributed by atoms with Crippen LogP contribution in [0.4, 0.5) is 5.69 Å². The number of hydrogen-bond acceptors (Lipinski definition) is 6. The molecular formula is C25H39N3O3. The maximum Gasteiger partial charge on any atom is 0.323 e. The van der Waals surface area contributed by atoms with Crippen molar-refractivity contribution in [3.05, 3.63) is 47.6 Å². The molecule has 6 nitrogen and oxygen atoms in total. The average Bonchev–Trinajstić information content (AvgIpc) is 2.68. The normalized spacial score (nSPS) is 14.2. The van der Waals surface area contributed by atoms with E-state index in [0.717, 1.165) is 24.0 Å². The second-order valence-corrected chi connectivity index (χ2v) is 9.24. The van der Waals surface area contributed by atoms with Crippen LogP contribution in [0.1, 0.15) is 58.6 Å². The highest BCUT2D eigenvalue weighted by Gasteiger charge is 2.21. The summed E-state index contributed by atoms with van der Waals surface area (Å²) in [6.45, 7) is 10.5. The van der Waals surface area contributed by atoms with Gasteiger partial charge in [-0.25, -0.2) is 0 Å². The van der Waals surface area contributed by atoms with Gasteiger partial charge >= 0.3 is 5.97 Å². The molecule has 0 spiro atoms. The third-order valence-electron chi connectivity index (χ3n) is 4.86. The van der Waals surface area contributed by atoms with Gasteiger partial charge in [0, 0.05) is 24.1 Å². The van der Waals surface area contributed by atoms with Crippen LogP contribution in [0.2, 0.25) is 0 Å². The lowest BCUT2D eigenvalue weighted by atomic mass is 9.84. The van der Waals surface area contributed by atoms with Crippen LogP contribution < -0.4 is 11.1 Å². The van der Waals surface area contributed by atoms with E-state index in [2.05, 4.69) is 19.2 Å². The molecule has 1 atom stereocenters. The fourth-order valence-corrected chi connectivity index (χ4v) is 3.12. The third kappa shape index (κ3) is 9.39. The summed E-state index contributed by atoms with van der Waals surface area (Å²) < 4.78 is 5.39. The summed E-state index contributed by atoms with van der Waals surface area (Å²) in [7, 11) is 1.77. The lowest BCUT2D eigenvalue weighted by molar-refractivity contribution is -0.146. The molecule has 31 heavy (non-hydrogen) atoms. The monoisotopic (exact) mass is 429 g/mol. The number of nitrogens with one attached hydrogen (secondary N) is 2. The molecule has 0 radical (unpaired) electrons. The highest BCUT2D eigenvalue weighted by molar-refractivity contribution is 5.94. The van der Waals surface area contributed by atoms with Crippen molar-refractivity contribution < 1.29 is 14.6 Å². The standard InChI is InChI=1S/C19H32N2O3.C6H7N/c1-12(2)9-16(21-6)18(23)24-8-7-13-10-14(19(3,4)5)17(22)15(20)11-13;7-6-4-2-1-3-5-6/h10-12,16,21-22H,7-9,20H2,1-6H3;1-4,7H,5H2. The minimum atomic E-state index is -0.278. The van der Waals surface area contributed by atoms with Crippen LogP contribution in [0.15, 0.2) is 36.4 Å². The zero-order chi connectivity index (χ0) is 23.6. The minimum absolute atomic E-state index is 0.135. The van der Waals surface area contributed by atoms with Crippen molar-refractivity contribution in [2.24, 2.45) is 5.92 Å². The fraction of sp³-hybridized carbons (Fsp3) is 0.520. The van der Waals surface area contributed by atoms with Crippen LogP contribution in [-0.2, 0) is 21.4 Å². The van der Waals surface area contributed by atoms with E-state index in [1.807, 2.05) is 45.1 Å². The number of ether oxygens (including phenoxy) is 1. The quantitative estimate of drug-likeness (QED) is 0.290. The average molecular weight is 430 g/mol. The molecule has 0 heterocycles. The molecule has 0 amide bonds. The Balaban J connectivity index is 0.000000577. The molecule has 0 saturated heterocycles. The van der Waals surface area contributed by atoms with E-state index in [1.54, 1.807) is 19.2 Å². The fourth-order valence-electron chi connectivity index (χ4n) is 3.12. The van der Waals surface area contributed by atoms with Crippen LogP contribution in [0.5, 0.6) is 5.75 Å². The number of phenolic OH excluding ortho intramolecular Hbond substituents is 1. The predicted molar refractivity (Wildman–Crippen MR) is 129 cm³/mol. The van der Waals surface area contributed by atoms with E-state index in [0.29, 0.717) is 30.3 Å². The number of aromatic hydroxyl groups is 1. The zero-order valence-corrected chi connectivity index (χ0v) is 19.8. The van der Waals surface area contributed by atoms with Gasteiger partial charge in [-0.2, -0.15) is 0 Å². The molecule has 0 aliphatic heterocycles. The maximum atomic E-state index is 12.1. The lowest BCUT2D eigenvalue weighted by Gasteiger charge is -2.22.